The average Bonchev–Trinajstić information content (AvgIpc) is 2.87. The minimum Gasteiger partial charge on any atom is -0.375 e. The standard InChI is InChI=1S/C17H31NO2/c1-14-5-4-9-17(11-14,13-18)20-15-6-10-19-16(12-15)7-2-3-8-16/h14-15H,2-13,18H2,1H3. The largest absolute Gasteiger partial charge is 0.375 e. The van der Waals surface area contributed by atoms with E-state index >= 15 is 0 Å². The van der Waals surface area contributed by atoms with E-state index in [1.807, 2.05) is 0 Å². The van der Waals surface area contributed by atoms with Crippen LogP contribution in [0.3, 0.4) is 0 Å². The lowest BCUT2D eigenvalue weighted by Crippen LogP contribution is -2.50. The number of nitrogens with two attached hydrogens (primary N) is 1. The first kappa shape index (κ1) is 14.8. The summed E-state index contributed by atoms with van der Waals surface area (Å²) in [6.45, 7) is 3.90. The Morgan fingerprint density at radius 3 is 2.60 bits per heavy atom. The Kier molecular flexibility index (Phi) is 4.40. The molecular formula is C17H31NO2. The fourth-order valence-electron chi connectivity index (χ4n) is 4.76. The highest BCUT2D eigenvalue weighted by molar-refractivity contribution is 4.95. The van der Waals surface area contributed by atoms with Gasteiger partial charge < -0.3 is 15.2 Å². The molecule has 0 aromatic carbocycles. The molecule has 1 aliphatic heterocycles. The highest BCUT2D eigenvalue weighted by atomic mass is 16.5. The molecule has 20 heavy (non-hydrogen) atoms. The van der Waals surface area contributed by atoms with Gasteiger partial charge >= 0.3 is 0 Å². The van der Waals surface area contributed by atoms with Crippen LogP contribution in [-0.2, 0) is 9.47 Å². The maximum atomic E-state index is 6.62. The number of hydrogen-bond acceptors (Lipinski definition) is 3. The van der Waals surface area contributed by atoms with Gasteiger partial charge in [0.2, 0.25) is 0 Å². The van der Waals surface area contributed by atoms with Gasteiger partial charge in [-0.15, -0.1) is 0 Å². The highest BCUT2D eigenvalue weighted by Crippen LogP contribution is 2.43. The molecular weight excluding hydrogens is 250 g/mol. The van der Waals surface area contributed by atoms with Gasteiger partial charge in [-0.1, -0.05) is 32.6 Å². The van der Waals surface area contributed by atoms with E-state index < -0.39 is 0 Å². The van der Waals surface area contributed by atoms with Crippen LogP contribution < -0.4 is 5.73 Å². The SMILES string of the molecule is CC1CCCC(CN)(OC2CCOC3(CCCC3)C2)C1. The molecule has 1 heterocycles. The molecule has 0 bridgehead atoms. The molecule has 0 amide bonds. The summed E-state index contributed by atoms with van der Waals surface area (Å²) in [5, 5.41) is 0. The predicted octanol–water partition coefficient (Wildman–Crippen LogP) is 3.40. The summed E-state index contributed by atoms with van der Waals surface area (Å²) in [5.41, 5.74) is 6.22. The van der Waals surface area contributed by atoms with E-state index in [2.05, 4.69) is 6.92 Å². The molecule has 3 unspecified atom stereocenters. The fraction of sp³-hybridized carbons (Fsp3) is 1.00. The molecule has 1 spiro atoms. The molecule has 3 fully saturated rings. The first-order chi connectivity index (χ1) is 9.65. The molecule has 0 aromatic rings. The monoisotopic (exact) mass is 281 g/mol. The Hall–Kier alpha value is -0.120. The van der Waals surface area contributed by atoms with Crippen molar-refractivity contribution in [3.8, 4) is 0 Å². The molecule has 2 N–H and O–H groups in total. The first-order valence-electron chi connectivity index (χ1n) is 8.67. The van der Waals surface area contributed by atoms with Crippen LogP contribution in [0.25, 0.3) is 0 Å². The molecule has 1 saturated heterocycles. The van der Waals surface area contributed by atoms with Crippen LogP contribution in [0.15, 0.2) is 0 Å². The molecule has 0 radical (unpaired) electrons. The van der Waals surface area contributed by atoms with Crippen LogP contribution in [0.5, 0.6) is 0 Å². The van der Waals surface area contributed by atoms with Gasteiger partial charge in [0, 0.05) is 19.6 Å². The summed E-state index contributed by atoms with van der Waals surface area (Å²) in [4.78, 5) is 0. The van der Waals surface area contributed by atoms with Crippen LogP contribution in [0.1, 0.15) is 71.1 Å². The van der Waals surface area contributed by atoms with Gasteiger partial charge in [-0.05, 0) is 38.0 Å². The van der Waals surface area contributed by atoms with Crippen molar-refractivity contribution in [2.75, 3.05) is 13.2 Å². The molecule has 3 heteroatoms. The van der Waals surface area contributed by atoms with Crippen molar-refractivity contribution in [2.24, 2.45) is 11.7 Å². The molecule has 2 aliphatic carbocycles. The second-order valence-electron chi connectivity index (χ2n) is 7.56. The summed E-state index contributed by atoms with van der Waals surface area (Å²) in [6, 6.07) is 0. The predicted molar refractivity (Wildman–Crippen MR) is 80.7 cm³/mol. The zero-order chi connectivity index (χ0) is 14.1. The van der Waals surface area contributed by atoms with E-state index in [-0.39, 0.29) is 11.2 Å². The third-order valence-corrected chi connectivity index (χ3v) is 5.80. The minimum absolute atomic E-state index is 0.0422. The Balaban J connectivity index is 1.63. The number of hydrogen-bond donors (Lipinski definition) is 1. The molecule has 3 aliphatic rings. The summed E-state index contributed by atoms with van der Waals surface area (Å²) in [5.74, 6) is 0.757. The van der Waals surface area contributed by atoms with Crippen molar-refractivity contribution in [2.45, 2.75) is 88.4 Å². The average molecular weight is 281 g/mol. The highest BCUT2D eigenvalue weighted by Gasteiger charge is 2.43. The third kappa shape index (κ3) is 3.05. The Morgan fingerprint density at radius 1 is 1.10 bits per heavy atom. The molecule has 116 valence electrons. The third-order valence-electron chi connectivity index (χ3n) is 5.80. The fourth-order valence-corrected chi connectivity index (χ4v) is 4.76. The van der Waals surface area contributed by atoms with Gasteiger partial charge in [0.15, 0.2) is 0 Å². The maximum absolute atomic E-state index is 6.62. The Bertz CT molecular complexity index is 327. The second kappa shape index (κ2) is 5.94. The lowest BCUT2D eigenvalue weighted by atomic mass is 9.78. The number of rotatable bonds is 3. The summed E-state index contributed by atoms with van der Waals surface area (Å²) in [7, 11) is 0. The van der Waals surface area contributed by atoms with Gasteiger partial charge in [-0.2, -0.15) is 0 Å². The van der Waals surface area contributed by atoms with Crippen molar-refractivity contribution >= 4 is 0 Å². The van der Waals surface area contributed by atoms with Crippen LogP contribution in [-0.4, -0.2) is 30.5 Å². The van der Waals surface area contributed by atoms with Crippen LogP contribution >= 0.6 is 0 Å². The van der Waals surface area contributed by atoms with Crippen LogP contribution in [0.2, 0.25) is 0 Å². The van der Waals surface area contributed by atoms with Crippen molar-refractivity contribution < 1.29 is 9.47 Å². The quantitative estimate of drug-likeness (QED) is 0.862. The topological polar surface area (TPSA) is 44.5 Å². The zero-order valence-electron chi connectivity index (χ0n) is 13.0. The van der Waals surface area contributed by atoms with E-state index in [0.29, 0.717) is 12.6 Å². The number of ether oxygens (including phenoxy) is 2. The summed E-state index contributed by atoms with van der Waals surface area (Å²) < 4.78 is 12.7. The van der Waals surface area contributed by atoms with Gasteiger partial charge in [-0.3, -0.25) is 0 Å². The summed E-state index contributed by atoms with van der Waals surface area (Å²) in [6.07, 6.45) is 12.5. The molecule has 3 atom stereocenters. The maximum Gasteiger partial charge on any atom is 0.0810 e. The smallest absolute Gasteiger partial charge is 0.0810 e. The van der Waals surface area contributed by atoms with E-state index in [1.54, 1.807) is 0 Å². The van der Waals surface area contributed by atoms with Crippen LogP contribution in [0, 0.1) is 5.92 Å². The Labute approximate surface area is 123 Å². The van der Waals surface area contributed by atoms with E-state index in [4.69, 9.17) is 15.2 Å². The van der Waals surface area contributed by atoms with E-state index in [0.717, 1.165) is 38.2 Å². The van der Waals surface area contributed by atoms with Gasteiger partial charge in [0.25, 0.3) is 0 Å². The molecule has 3 nitrogen and oxygen atoms in total. The first-order valence-corrected chi connectivity index (χ1v) is 8.67. The van der Waals surface area contributed by atoms with Crippen molar-refractivity contribution in [3.05, 3.63) is 0 Å². The molecule has 3 rings (SSSR count). The van der Waals surface area contributed by atoms with E-state index in [9.17, 15) is 0 Å². The zero-order valence-corrected chi connectivity index (χ0v) is 13.0. The molecule has 0 aromatic heterocycles. The van der Waals surface area contributed by atoms with Crippen molar-refractivity contribution in [1.29, 1.82) is 0 Å². The Morgan fingerprint density at radius 2 is 1.90 bits per heavy atom. The minimum atomic E-state index is -0.0422. The lowest BCUT2D eigenvalue weighted by molar-refractivity contribution is -0.182. The van der Waals surface area contributed by atoms with Crippen molar-refractivity contribution in [1.82, 2.24) is 0 Å². The van der Waals surface area contributed by atoms with Gasteiger partial charge in [0.05, 0.1) is 17.3 Å². The van der Waals surface area contributed by atoms with E-state index in [1.165, 1.54) is 38.5 Å². The lowest BCUT2D eigenvalue weighted by Gasteiger charge is -2.45. The van der Waals surface area contributed by atoms with Crippen LogP contribution in [0.4, 0.5) is 0 Å². The van der Waals surface area contributed by atoms with Gasteiger partial charge in [0.1, 0.15) is 0 Å². The second-order valence-corrected chi connectivity index (χ2v) is 7.56. The normalized spacial score (nSPS) is 41.1. The molecule has 2 saturated carbocycles. The van der Waals surface area contributed by atoms with Gasteiger partial charge in [-0.25, -0.2) is 0 Å². The summed E-state index contributed by atoms with van der Waals surface area (Å²) >= 11 is 0. The van der Waals surface area contributed by atoms with Crippen molar-refractivity contribution in [3.63, 3.8) is 0 Å².